The van der Waals surface area contributed by atoms with Crippen molar-refractivity contribution in [2.24, 2.45) is 0 Å². The molecule has 1 heterocycles. The maximum atomic E-state index is 13.2. The number of hydrogen-bond donors (Lipinski definition) is 1. The van der Waals surface area contributed by atoms with E-state index < -0.39 is 0 Å². The molecule has 1 amide bonds. The smallest absolute Gasteiger partial charge is 0.275 e. The molecule has 0 aromatic heterocycles. The van der Waals surface area contributed by atoms with Crippen molar-refractivity contribution >= 4 is 52.1 Å². The molecule has 0 unspecified atom stereocenters. The molecule has 1 aliphatic heterocycles. The highest BCUT2D eigenvalue weighted by atomic mass is 35.5. The summed E-state index contributed by atoms with van der Waals surface area (Å²) in [4.78, 5) is 15.0. The Morgan fingerprint density at radius 3 is 1.79 bits per heavy atom. The van der Waals surface area contributed by atoms with Crippen LogP contribution in [-0.2, 0) is 4.79 Å². The lowest BCUT2D eigenvalue weighted by Crippen LogP contribution is -2.30. The van der Waals surface area contributed by atoms with Crippen LogP contribution >= 0.6 is 34.8 Å². The van der Waals surface area contributed by atoms with Gasteiger partial charge >= 0.3 is 0 Å². The van der Waals surface area contributed by atoms with Crippen molar-refractivity contribution < 1.29 is 4.79 Å². The fourth-order valence-corrected chi connectivity index (χ4v) is 3.51. The third-order valence-electron chi connectivity index (χ3n) is 4.49. The molecule has 140 valence electrons. The number of carbonyl (C=O) groups is 1. The lowest BCUT2D eigenvalue weighted by molar-refractivity contribution is -0.114. The van der Waals surface area contributed by atoms with Crippen LogP contribution < -0.4 is 10.2 Å². The maximum Gasteiger partial charge on any atom is 0.275 e. The predicted molar refractivity (Wildman–Crippen MR) is 116 cm³/mol. The number of nitrogens with zero attached hydrogens (tertiary/aromatic N) is 1. The second kappa shape index (κ2) is 7.88. The van der Waals surface area contributed by atoms with Gasteiger partial charge in [-0.15, -0.1) is 0 Å². The molecule has 0 saturated heterocycles. The van der Waals surface area contributed by atoms with Gasteiger partial charge in [0.25, 0.3) is 5.91 Å². The molecule has 3 nitrogen and oxygen atoms in total. The zero-order valence-corrected chi connectivity index (χ0v) is 16.8. The van der Waals surface area contributed by atoms with Gasteiger partial charge in [-0.25, -0.2) is 0 Å². The molecule has 0 fully saturated rings. The molecule has 0 radical (unpaired) electrons. The van der Waals surface area contributed by atoms with Gasteiger partial charge in [0.15, 0.2) is 0 Å². The van der Waals surface area contributed by atoms with Crippen LogP contribution in [0.4, 0.5) is 11.4 Å². The Hall–Kier alpha value is -2.46. The average molecular weight is 430 g/mol. The Bertz CT molecular complexity index is 1030. The molecular formula is C22H15Cl3N2O. The number of rotatable bonds is 4. The Kier molecular flexibility index (Phi) is 5.31. The number of carbonyl (C=O) groups excluding carboxylic acids is 1. The van der Waals surface area contributed by atoms with Crippen LogP contribution in [0.2, 0.25) is 15.1 Å². The van der Waals surface area contributed by atoms with E-state index in [-0.39, 0.29) is 11.9 Å². The number of amides is 1. The van der Waals surface area contributed by atoms with Crippen molar-refractivity contribution in [3.8, 4) is 0 Å². The molecular weight excluding hydrogens is 415 g/mol. The monoisotopic (exact) mass is 428 g/mol. The van der Waals surface area contributed by atoms with Gasteiger partial charge in [-0.3, -0.25) is 9.69 Å². The first-order valence-electron chi connectivity index (χ1n) is 8.60. The molecule has 0 aliphatic carbocycles. The van der Waals surface area contributed by atoms with Gasteiger partial charge in [0, 0.05) is 26.4 Å². The van der Waals surface area contributed by atoms with Crippen LogP contribution in [-0.4, -0.2) is 5.91 Å². The third-order valence-corrected chi connectivity index (χ3v) is 5.25. The predicted octanol–water partition coefficient (Wildman–Crippen LogP) is 6.73. The van der Waals surface area contributed by atoms with E-state index in [1.807, 2.05) is 54.6 Å². The van der Waals surface area contributed by atoms with E-state index in [4.69, 9.17) is 34.8 Å². The highest BCUT2D eigenvalue weighted by Crippen LogP contribution is 2.37. The standard InChI is InChI=1S/C22H15Cl3N2O/c23-15-3-1-14(2-4-15)21-13-20(26-18-9-5-16(24)6-10-18)22(28)27(21)19-11-7-17(25)8-12-19/h1-13,21,26H/t21-/m0/s1. The van der Waals surface area contributed by atoms with Crippen LogP contribution in [0.25, 0.3) is 0 Å². The van der Waals surface area contributed by atoms with Crippen molar-refractivity contribution in [2.45, 2.75) is 6.04 Å². The normalized spacial score (nSPS) is 16.2. The van der Waals surface area contributed by atoms with Crippen LogP contribution in [0, 0.1) is 0 Å². The molecule has 4 rings (SSSR count). The molecule has 0 bridgehead atoms. The van der Waals surface area contributed by atoms with Crippen molar-refractivity contribution in [3.63, 3.8) is 0 Å². The second-order valence-corrected chi connectivity index (χ2v) is 7.67. The number of hydrogen-bond acceptors (Lipinski definition) is 2. The Balaban J connectivity index is 1.72. The molecule has 1 atom stereocenters. The summed E-state index contributed by atoms with van der Waals surface area (Å²) < 4.78 is 0. The number of halogens is 3. The zero-order chi connectivity index (χ0) is 19.7. The third kappa shape index (κ3) is 3.88. The average Bonchev–Trinajstić information content (AvgIpc) is 3.01. The van der Waals surface area contributed by atoms with Gasteiger partial charge < -0.3 is 5.32 Å². The van der Waals surface area contributed by atoms with Gasteiger partial charge in [0.2, 0.25) is 0 Å². The first-order chi connectivity index (χ1) is 13.5. The van der Waals surface area contributed by atoms with E-state index in [0.717, 1.165) is 16.9 Å². The summed E-state index contributed by atoms with van der Waals surface area (Å²) in [6, 6.07) is 21.6. The molecule has 3 aromatic rings. The minimum Gasteiger partial charge on any atom is -0.351 e. The van der Waals surface area contributed by atoms with Crippen LogP contribution in [0.15, 0.2) is 84.6 Å². The van der Waals surface area contributed by atoms with E-state index in [0.29, 0.717) is 20.8 Å². The Labute approximate surface area is 178 Å². The van der Waals surface area contributed by atoms with Crippen molar-refractivity contribution in [1.82, 2.24) is 0 Å². The summed E-state index contributed by atoms with van der Waals surface area (Å²) in [5, 5.41) is 5.10. The molecule has 0 saturated carbocycles. The number of anilines is 2. The molecule has 1 N–H and O–H groups in total. The second-order valence-electron chi connectivity index (χ2n) is 6.36. The van der Waals surface area contributed by atoms with Crippen LogP contribution in [0.5, 0.6) is 0 Å². The molecule has 0 spiro atoms. The summed E-state index contributed by atoms with van der Waals surface area (Å²) in [6.45, 7) is 0. The van der Waals surface area contributed by atoms with Crippen LogP contribution in [0.1, 0.15) is 11.6 Å². The number of nitrogens with one attached hydrogen (secondary N) is 1. The quantitative estimate of drug-likeness (QED) is 0.498. The first-order valence-corrected chi connectivity index (χ1v) is 9.74. The fourth-order valence-electron chi connectivity index (χ4n) is 3.13. The zero-order valence-electron chi connectivity index (χ0n) is 14.6. The lowest BCUT2D eigenvalue weighted by Gasteiger charge is -2.25. The highest BCUT2D eigenvalue weighted by molar-refractivity contribution is 6.31. The van der Waals surface area contributed by atoms with Crippen molar-refractivity contribution in [3.05, 3.63) is 105 Å². The van der Waals surface area contributed by atoms with Gasteiger partial charge in [0.05, 0.1) is 6.04 Å². The van der Waals surface area contributed by atoms with E-state index in [1.165, 1.54) is 0 Å². The summed E-state index contributed by atoms with van der Waals surface area (Å²) >= 11 is 18.0. The Morgan fingerprint density at radius 1 is 0.714 bits per heavy atom. The van der Waals surface area contributed by atoms with Crippen LogP contribution in [0.3, 0.4) is 0 Å². The van der Waals surface area contributed by atoms with Gasteiger partial charge in [-0.1, -0.05) is 46.9 Å². The number of benzene rings is 3. The van der Waals surface area contributed by atoms with Crippen molar-refractivity contribution in [2.75, 3.05) is 10.2 Å². The molecule has 3 aromatic carbocycles. The van der Waals surface area contributed by atoms with E-state index >= 15 is 0 Å². The SMILES string of the molecule is O=C1C(Nc2ccc(Cl)cc2)=C[C@@H](c2ccc(Cl)cc2)N1c1ccc(Cl)cc1. The Morgan fingerprint density at radius 2 is 1.21 bits per heavy atom. The van der Waals surface area contributed by atoms with Gasteiger partial charge in [-0.2, -0.15) is 0 Å². The summed E-state index contributed by atoms with van der Waals surface area (Å²) in [6.07, 6.45) is 1.91. The molecule has 6 heteroatoms. The summed E-state index contributed by atoms with van der Waals surface area (Å²) in [5.74, 6) is -0.128. The lowest BCUT2D eigenvalue weighted by atomic mass is 10.1. The van der Waals surface area contributed by atoms with E-state index in [2.05, 4.69) is 5.32 Å². The minimum atomic E-state index is -0.263. The van der Waals surface area contributed by atoms with E-state index in [9.17, 15) is 4.79 Å². The molecule has 28 heavy (non-hydrogen) atoms. The topological polar surface area (TPSA) is 32.3 Å². The van der Waals surface area contributed by atoms with E-state index in [1.54, 1.807) is 29.2 Å². The minimum absolute atomic E-state index is 0.128. The fraction of sp³-hybridized carbons (Fsp3) is 0.0455. The summed E-state index contributed by atoms with van der Waals surface area (Å²) in [5.41, 5.74) is 3.01. The first kappa shape index (κ1) is 18.9. The van der Waals surface area contributed by atoms with Gasteiger partial charge in [-0.05, 0) is 72.3 Å². The molecule has 1 aliphatic rings. The highest BCUT2D eigenvalue weighted by Gasteiger charge is 2.34. The van der Waals surface area contributed by atoms with Crippen molar-refractivity contribution in [1.29, 1.82) is 0 Å². The van der Waals surface area contributed by atoms with Gasteiger partial charge in [0.1, 0.15) is 5.70 Å². The maximum absolute atomic E-state index is 13.2. The summed E-state index contributed by atoms with van der Waals surface area (Å²) in [7, 11) is 0. The largest absolute Gasteiger partial charge is 0.351 e.